The molecular formula is C33H36O4. The van der Waals surface area contributed by atoms with Crippen LogP contribution in [0.5, 0.6) is 0 Å². The zero-order valence-electron chi connectivity index (χ0n) is 21.9. The normalized spacial score (nSPS) is 27.0. The molecule has 0 spiro atoms. The summed E-state index contributed by atoms with van der Waals surface area (Å²) in [4.78, 5) is 25.4. The fourth-order valence-electron chi connectivity index (χ4n) is 7.00. The van der Waals surface area contributed by atoms with Crippen LogP contribution in [0.1, 0.15) is 63.5 Å². The summed E-state index contributed by atoms with van der Waals surface area (Å²) in [6.45, 7) is 6.96. The standard InChI is InChI=1S/C33H36O4/c1-32(2)28-18-19-33(32,3)30(27-15-9-13-23-12-7-8-14-26(23)27)31(28)37-29(36)21-25(35)20-24(34)17-16-22-10-5-4-6-11-22/h4-17,25,28,30-31,35H,18-21H2,1-3H3/t25-,28?,30?,31?,33+/m0/s1. The van der Waals surface area contributed by atoms with Gasteiger partial charge in [-0.25, -0.2) is 0 Å². The first-order chi connectivity index (χ1) is 17.7. The molecule has 2 bridgehead atoms. The number of ketones is 1. The van der Waals surface area contributed by atoms with Gasteiger partial charge >= 0.3 is 5.97 Å². The molecule has 0 aromatic heterocycles. The Hall–Kier alpha value is -3.24. The molecule has 3 unspecified atom stereocenters. The van der Waals surface area contributed by atoms with Crippen LogP contribution >= 0.6 is 0 Å². The number of ether oxygens (including phenoxy) is 1. The lowest BCUT2D eigenvalue weighted by molar-refractivity contribution is -0.155. The van der Waals surface area contributed by atoms with Gasteiger partial charge < -0.3 is 9.84 Å². The zero-order valence-corrected chi connectivity index (χ0v) is 21.9. The van der Waals surface area contributed by atoms with E-state index in [-0.39, 0.29) is 47.4 Å². The number of rotatable bonds is 8. The lowest BCUT2D eigenvalue weighted by Crippen LogP contribution is -2.35. The maximum Gasteiger partial charge on any atom is 0.308 e. The van der Waals surface area contributed by atoms with E-state index in [0.717, 1.165) is 18.4 Å². The minimum absolute atomic E-state index is 0.0103. The van der Waals surface area contributed by atoms with Crippen LogP contribution in [0.2, 0.25) is 0 Å². The van der Waals surface area contributed by atoms with Gasteiger partial charge in [0, 0.05) is 18.3 Å². The van der Waals surface area contributed by atoms with Gasteiger partial charge in [-0.05, 0) is 51.6 Å². The summed E-state index contributed by atoms with van der Waals surface area (Å²) >= 11 is 0. The monoisotopic (exact) mass is 496 g/mol. The van der Waals surface area contributed by atoms with Crippen molar-refractivity contribution in [3.8, 4) is 0 Å². The number of benzene rings is 3. The van der Waals surface area contributed by atoms with Crippen LogP contribution in [-0.4, -0.2) is 29.1 Å². The lowest BCUT2D eigenvalue weighted by Gasteiger charge is -2.40. The van der Waals surface area contributed by atoms with E-state index in [1.165, 1.54) is 22.4 Å². The molecule has 0 radical (unpaired) electrons. The Kier molecular flexibility index (Phi) is 6.80. The fraction of sp³-hybridized carbons (Fsp3) is 0.394. The first-order valence-corrected chi connectivity index (χ1v) is 13.3. The van der Waals surface area contributed by atoms with Crippen LogP contribution in [0.4, 0.5) is 0 Å². The molecule has 2 saturated carbocycles. The van der Waals surface area contributed by atoms with Crippen molar-refractivity contribution in [2.75, 3.05) is 0 Å². The highest BCUT2D eigenvalue weighted by Crippen LogP contribution is 2.72. The number of aliphatic hydroxyl groups is 1. The molecule has 4 nitrogen and oxygen atoms in total. The number of carbonyl (C=O) groups is 2. The zero-order chi connectivity index (χ0) is 26.2. The van der Waals surface area contributed by atoms with Crippen LogP contribution in [-0.2, 0) is 14.3 Å². The second kappa shape index (κ2) is 9.90. The highest BCUT2D eigenvalue weighted by Gasteiger charge is 2.67. The molecular weight excluding hydrogens is 460 g/mol. The molecule has 0 aliphatic heterocycles. The molecule has 2 fully saturated rings. The molecule has 5 atom stereocenters. The van der Waals surface area contributed by atoms with E-state index in [9.17, 15) is 14.7 Å². The molecule has 2 aliphatic carbocycles. The molecule has 0 saturated heterocycles. The van der Waals surface area contributed by atoms with Gasteiger partial charge in [0.15, 0.2) is 5.78 Å². The van der Waals surface area contributed by atoms with E-state index >= 15 is 0 Å². The average molecular weight is 497 g/mol. The number of aliphatic hydroxyl groups excluding tert-OH is 1. The minimum Gasteiger partial charge on any atom is -0.461 e. The van der Waals surface area contributed by atoms with Crippen molar-refractivity contribution in [2.45, 2.75) is 64.6 Å². The second-order valence-corrected chi connectivity index (χ2v) is 11.6. The Balaban J connectivity index is 1.32. The summed E-state index contributed by atoms with van der Waals surface area (Å²) in [6, 6.07) is 24.3. The van der Waals surface area contributed by atoms with Gasteiger partial charge in [0.25, 0.3) is 0 Å². The largest absolute Gasteiger partial charge is 0.461 e. The fourth-order valence-corrected chi connectivity index (χ4v) is 7.00. The van der Waals surface area contributed by atoms with Gasteiger partial charge in [0.1, 0.15) is 6.10 Å². The van der Waals surface area contributed by atoms with Crippen LogP contribution < -0.4 is 0 Å². The Morgan fingerprint density at radius 2 is 1.68 bits per heavy atom. The Labute approximate surface area is 219 Å². The molecule has 4 heteroatoms. The molecule has 0 amide bonds. The highest BCUT2D eigenvalue weighted by atomic mass is 16.5. The predicted octanol–water partition coefficient (Wildman–Crippen LogP) is 6.71. The van der Waals surface area contributed by atoms with Crippen LogP contribution in [0.3, 0.4) is 0 Å². The molecule has 0 heterocycles. The van der Waals surface area contributed by atoms with Gasteiger partial charge in [-0.15, -0.1) is 0 Å². The number of fused-ring (bicyclic) bond motifs is 3. The Morgan fingerprint density at radius 3 is 2.46 bits per heavy atom. The van der Waals surface area contributed by atoms with Gasteiger partial charge in [0.05, 0.1) is 12.5 Å². The van der Waals surface area contributed by atoms with Crippen molar-refractivity contribution in [1.29, 1.82) is 0 Å². The Bertz CT molecular complexity index is 1320. The molecule has 5 rings (SSSR count). The number of esters is 1. The molecule has 3 aromatic carbocycles. The topological polar surface area (TPSA) is 63.6 Å². The summed E-state index contributed by atoms with van der Waals surface area (Å²) in [5.41, 5.74) is 2.15. The first kappa shape index (κ1) is 25.4. The smallest absolute Gasteiger partial charge is 0.308 e. The molecule has 1 N–H and O–H groups in total. The van der Waals surface area contributed by atoms with E-state index in [4.69, 9.17) is 4.74 Å². The lowest BCUT2D eigenvalue weighted by atomic mass is 9.64. The second-order valence-electron chi connectivity index (χ2n) is 11.6. The van der Waals surface area contributed by atoms with Crippen molar-refractivity contribution in [1.82, 2.24) is 0 Å². The van der Waals surface area contributed by atoms with E-state index in [2.05, 4.69) is 57.2 Å². The summed E-state index contributed by atoms with van der Waals surface area (Å²) < 4.78 is 6.22. The van der Waals surface area contributed by atoms with Crippen molar-refractivity contribution >= 4 is 28.6 Å². The van der Waals surface area contributed by atoms with E-state index in [1.54, 1.807) is 6.08 Å². The van der Waals surface area contributed by atoms with Crippen molar-refractivity contribution in [3.05, 3.63) is 90.0 Å². The number of hydrogen-bond acceptors (Lipinski definition) is 4. The summed E-state index contributed by atoms with van der Waals surface area (Å²) in [6.07, 6.45) is 3.67. The maximum atomic E-state index is 13.1. The molecule has 37 heavy (non-hydrogen) atoms. The van der Waals surface area contributed by atoms with Crippen molar-refractivity contribution in [3.63, 3.8) is 0 Å². The summed E-state index contributed by atoms with van der Waals surface area (Å²) in [5.74, 6) is -0.331. The summed E-state index contributed by atoms with van der Waals surface area (Å²) in [7, 11) is 0. The number of allylic oxidation sites excluding steroid dienone is 1. The molecule has 192 valence electrons. The van der Waals surface area contributed by atoms with Crippen LogP contribution in [0.15, 0.2) is 78.9 Å². The number of carbonyl (C=O) groups excluding carboxylic acids is 2. The maximum absolute atomic E-state index is 13.1. The van der Waals surface area contributed by atoms with E-state index in [0.29, 0.717) is 0 Å². The average Bonchev–Trinajstić information content (AvgIpc) is 3.20. The van der Waals surface area contributed by atoms with Crippen LogP contribution in [0, 0.1) is 16.7 Å². The van der Waals surface area contributed by atoms with E-state index < -0.39 is 12.1 Å². The highest BCUT2D eigenvalue weighted by molar-refractivity contribution is 5.94. The SMILES string of the molecule is CC1(C)C2CC[C@]1(C)C(c1cccc3ccccc13)C2OC(=O)C[C@@H](O)CC(=O)C=Cc1ccccc1. The molecule has 2 aliphatic rings. The summed E-state index contributed by atoms with van der Waals surface area (Å²) in [5, 5.41) is 12.9. The van der Waals surface area contributed by atoms with Gasteiger partial charge in [-0.1, -0.05) is 99.6 Å². The van der Waals surface area contributed by atoms with Crippen molar-refractivity contribution in [2.24, 2.45) is 16.7 Å². The minimum atomic E-state index is -1.07. The van der Waals surface area contributed by atoms with E-state index in [1.807, 2.05) is 36.4 Å². The van der Waals surface area contributed by atoms with Crippen molar-refractivity contribution < 1.29 is 19.4 Å². The van der Waals surface area contributed by atoms with Crippen LogP contribution in [0.25, 0.3) is 16.8 Å². The third kappa shape index (κ3) is 4.64. The quantitative estimate of drug-likeness (QED) is 0.278. The number of hydrogen-bond donors (Lipinski definition) is 1. The Morgan fingerprint density at radius 1 is 0.973 bits per heavy atom. The molecule has 3 aromatic rings. The van der Waals surface area contributed by atoms with Gasteiger partial charge in [-0.3, -0.25) is 9.59 Å². The first-order valence-electron chi connectivity index (χ1n) is 13.3. The predicted molar refractivity (Wildman–Crippen MR) is 147 cm³/mol. The third-order valence-corrected chi connectivity index (χ3v) is 9.31. The third-order valence-electron chi connectivity index (χ3n) is 9.31. The van der Waals surface area contributed by atoms with Gasteiger partial charge in [0.2, 0.25) is 0 Å². The van der Waals surface area contributed by atoms with Gasteiger partial charge in [-0.2, -0.15) is 0 Å².